The number of benzene rings is 3. The molecular formula is C23H24N2O4S. The van der Waals surface area contributed by atoms with E-state index in [1.165, 1.54) is 12.1 Å². The number of carbonyl (C=O) groups excluding carboxylic acids is 1. The van der Waals surface area contributed by atoms with Crippen molar-refractivity contribution in [3.05, 3.63) is 83.4 Å². The molecule has 6 nitrogen and oxygen atoms in total. The number of ether oxygens (including phenoxy) is 1. The molecule has 0 spiro atoms. The summed E-state index contributed by atoms with van der Waals surface area (Å²) in [6, 6.07) is 18.8. The van der Waals surface area contributed by atoms with Crippen LogP contribution in [-0.2, 0) is 14.8 Å². The van der Waals surface area contributed by atoms with Gasteiger partial charge in [-0.3, -0.25) is 9.52 Å². The fraction of sp³-hybridized carbons (Fsp3) is 0.174. The van der Waals surface area contributed by atoms with Crippen molar-refractivity contribution in [2.75, 3.05) is 16.6 Å². The minimum Gasteiger partial charge on any atom is -0.483 e. The SMILES string of the molecule is Cc1ccc(NC(=O)COc2cccc(C)c2C)cc1NS(=O)(=O)c1ccccc1. The lowest BCUT2D eigenvalue weighted by molar-refractivity contribution is -0.118. The highest BCUT2D eigenvalue weighted by atomic mass is 32.2. The van der Waals surface area contributed by atoms with Crippen LogP contribution in [0.4, 0.5) is 11.4 Å². The maximum Gasteiger partial charge on any atom is 0.262 e. The summed E-state index contributed by atoms with van der Waals surface area (Å²) in [5.41, 5.74) is 3.67. The zero-order valence-electron chi connectivity index (χ0n) is 17.1. The van der Waals surface area contributed by atoms with Crippen LogP contribution in [-0.4, -0.2) is 20.9 Å². The molecule has 0 heterocycles. The van der Waals surface area contributed by atoms with E-state index in [-0.39, 0.29) is 17.4 Å². The lowest BCUT2D eigenvalue weighted by Crippen LogP contribution is -2.21. The number of rotatable bonds is 7. The molecule has 0 bridgehead atoms. The second kappa shape index (κ2) is 9.00. The molecule has 0 aliphatic carbocycles. The molecule has 0 fully saturated rings. The third kappa shape index (κ3) is 5.18. The number of carbonyl (C=O) groups is 1. The van der Waals surface area contributed by atoms with Crippen molar-refractivity contribution in [1.82, 2.24) is 0 Å². The summed E-state index contributed by atoms with van der Waals surface area (Å²) in [6.45, 7) is 5.56. The van der Waals surface area contributed by atoms with E-state index in [0.717, 1.165) is 16.7 Å². The molecule has 0 saturated carbocycles. The van der Waals surface area contributed by atoms with E-state index in [0.29, 0.717) is 17.1 Å². The number of aryl methyl sites for hydroxylation is 2. The van der Waals surface area contributed by atoms with Gasteiger partial charge in [0.1, 0.15) is 5.75 Å². The van der Waals surface area contributed by atoms with Crippen molar-refractivity contribution in [2.45, 2.75) is 25.7 Å². The Morgan fingerprint density at radius 1 is 0.900 bits per heavy atom. The number of sulfonamides is 1. The molecule has 0 radical (unpaired) electrons. The van der Waals surface area contributed by atoms with Crippen molar-refractivity contribution >= 4 is 27.3 Å². The molecule has 7 heteroatoms. The van der Waals surface area contributed by atoms with Gasteiger partial charge in [-0.15, -0.1) is 0 Å². The largest absolute Gasteiger partial charge is 0.483 e. The molecule has 0 aliphatic rings. The van der Waals surface area contributed by atoms with Crippen molar-refractivity contribution in [2.24, 2.45) is 0 Å². The summed E-state index contributed by atoms with van der Waals surface area (Å²) in [7, 11) is -3.72. The van der Waals surface area contributed by atoms with Crippen molar-refractivity contribution in [3.63, 3.8) is 0 Å². The molecular weight excluding hydrogens is 400 g/mol. The molecule has 1 amide bonds. The summed E-state index contributed by atoms with van der Waals surface area (Å²) < 4.78 is 33.4. The molecule has 0 saturated heterocycles. The first-order valence-corrected chi connectivity index (χ1v) is 10.9. The number of amides is 1. The van der Waals surface area contributed by atoms with Gasteiger partial charge in [-0.05, 0) is 67.8 Å². The first-order chi connectivity index (χ1) is 14.3. The van der Waals surface area contributed by atoms with E-state index in [1.807, 2.05) is 32.0 Å². The predicted octanol–water partition coefficient (Wildman–Crippen LogP) is 4.43. The molecule has 2 N–H and O–H groups in total. The van der Waals surface area contributed by atoms with E-state index in [4.69, 9.17) is 4.74 Å². The minimum absolute atomic E-state index is 0.150. The second-order valence-corrected chi connectivity index (χ2v) is 8.67. The Hall–Kier alpha value is -3.32. The van der Waals surface area contributed by atoms with Gasteiger partial charge in [0.2, 0.25) is 0 Å². The molecule has 156 valence electrons. The maximum atomic E-state index is 12.6. The van der Waals surface area contributed by atoms with Crippen LogP contribution in [0.15, 0.2) is 71.6 Å². The third-order valence-electron chi connectivity index (χ3n) is 4.73. The number of nitrogens with one attached hydrogen (secondary N) is 2. The summed E-state index contributed by atoms with van der Waals surface area (Å²) >= 11 is 0. The van der Waals surface area contributed by atoms with E-state index >= 15 is 0 Å². The van der Waals surface area contributed by atoms with Crippen LogP contribution in [0.3, 0.4) is 0 Å². The molecule has 0 unspecified atom stereocenters. The minimum atomic E-state index is -3.72. The lowest BCUT2D eigenvalue weighted by Gasteiger charge is -2.14. The van der Waals surface area contributed by atoms with Gasteiger partial charge < -0.3 is 10.1 Å². The zero-order chi connectivity index (χ0) is 21.7. The molecule has 3 rings (SSSR count). The third-order valence-corrected chi connectivity index (χ3v) is 6.11. The normalized spacial score (nSPS) is 11.0. The van der Waals surface area contributed by atoms with Crippen LogP contribution in [0, 0.1) is 20.8 Å². The van der Waals surface area contributed by atoms with Gasteiger partial charge in [0.25, 0.3) is 15.9 Å². The van der Waals surface area contributed by atoms with E-state index in [1.54, 1.807) is 43.3 Å². The number of hydrogen-bond acceptors (Lipinski definition) is 4. The molecule has 0 aliphatic heterocycles. The molecule has 30 heavy (non-hydrogen) atoms. The molecule has 0 atom stereocenters. The van der Waals surface area contributed by atoms with E-state index < -0.39 is 10.0 Å². The van der Waals surface area contributed by atoms with Crippen molar-refractivity contribution in [1.29, 1.82) is 0 Å². The topological polar surface area (TPSA) is 84.5 Å². The first-order valence-electron chi connectivity index (χ1n) is 9.43. The van der Waals surface area contributed by atoms with Crippen molar-refractivity contribution < 1.29 is 17.9 Å². The Labute approximate surface area is 177 Å². The number of hydrogen-bond donors (Lipinski definition) is 2. The van der Waals surface area contributed by atoms with E-state index in [9.17, 15) is 13.2 Å². The summed E-state index contributed by atoms with van der Waals surface area (Å²) in [5, 5.41) is 2.74. The van der Waals surface area contributed by atoms with Gasteiger partial charge >= 0.3 is 0 Å². The average molecular weight is 425 g/mol. The highest BCUT2D eigenvalue weighted by Crippen LogP contribution is 2.24. The van der Waals surface area contributed by atoms with Crippen molar-refractivity contribution in [3.8, 4) is 5.75 Å². The van der Waals surface area contributed by atoms with Gasteiger partial charge in [0.05, 0.1) is 10.6 Å². The predicted molar refractivity (Wildman–Crippen MR) is 118 cm³/mol. The summed E-state index contributed by atoms with van der Waals surface area (Å²) in [5.74, 6) is 0.321. The Bertz CT molecular complexity index is 1160. The van der Waals surface area contributed by atoms with Crippen LogP contribution in [0.1, 0.15) is 16.7 Å². The highest BCUT2D eigenvalue weighted by molar-refractivity contribution is 7.92. The lowest BCUT2D eigenvalue weighted by atomic mass is 10.1. The fourth-order valence-electron chi connectivity index (χ4n) is 2.83. The summed E-state index contributed by atoms with van der Waals surface area (Å²) in [4.78, 5) is 12.5. The molecule has 0 aromatic heterocycles. The Morgan fingerprint density at radius 3 is 2.37 bits per heavy atom. The standard InChI is InChI=1S/C23H24N2O4S/c1-16-8-7-11-22(18(16)3)29-15-23(26)24-19-13-12-17(2)21(14-19)25-30(27,28)20-9-5-4-6-10-20/h4-14,25H,15H2,1-3H3,(H,24,26). The van der Waals surface area contributed by atoms with Crippen LogP contribution in [0.25, 0.3) is 0 Å². The first kappa shape index (κ1) is 21.4. The van der Waals surface area contributed by atoms with Crippen LogP contribution in [0.2, 0.25) is 0 Å². The Balaban J connectivity index is 1.69. The Morgan fingerprint density at radius 2 is 1.63 bits per heavy atom. The van der Waals surface area contributed by atoms with Crippen LogP contribution in [0.5, 0.6) is 5.75 Å². The Kier molecular flexibility index (Phi) is 6.42. The van der Waals surface area contributed by atoms with Crippen LogP contribution >= 0.6 is 0 Å². The maximum absolute atomic E-state index is 12.6. The van der Waals surface area contributed by atoms with E-state index in [2.05, 4.69) is 10.0 Å². The highest BCUT2D eigenvalue weighted by Gasteiger charge is 2.15. The summed E-state index contributed by atoms with van der Waals surface area (Å²) in [6.07, 6.45) is 0. The second-order valence-electron chi connectivity index (χ2n) is 6.98. The average Bonchev–Trinajstić information content (AvgIpc) is 2.72. The van der Waals surface area contributed by atoms with Gasteiger partial charge in [-0.1, -0.05) is 36.4 Å². The van der Waals surface area contributed by atoms with Gasteiger partial charge in [0, 0.05) is 5.69 Å². The van der Waals surface area contributed by atoms with Gasteiger partial charge in [-0.2, -0.15) is 0 Å². The smallest absolute Gasteiger partial charge is 0.262 e. The molecule has 3 aromatic rings. The monoisotopic (exact) mass is 424 g/mol. The van der Waals surface area contributed by atoms with Gasteiger partial charge in [-0.25, -0.2) is 8.42 Å². The molecule has 3 aromatic carbocycles. The quantitative estimate of drug-likeness (QED) is 0.588. The fourth-order valence-corrected chi connectivity index (χ4v) is 3.98. The van der Waals surface area contributed by atoms with Crippen LogP contribution < -0.4 is 14.8 Å². The van der Waals surface area contributed by atoms with Gasteiger partial charge in [0.15, 0.2) is 6.61 Å². The number of anilines is 2. The zero-order valence-corrected chi connectivity index (χ0v) is 17.9.